The van der Waals surface area contributed by atoms with Gasteiger partial charge in [0, 0.05) is 6.07 Å². The normalized spacial score (nSPS) is 20.2. The van der Waals surface area contributed by atoms with Gasteiger partial charge in [0.05, 0.1) is 5.69 Å². The molecule has 1 heterocycles. The van der Waals surface area contributed by atoms with Crippen LogP contribution in [0.25, 0.3) is 0 Å². The van der Waals surface area contributed by atoms with Gasteiger partial charge in [-0.15, -0.1) is 0 Å². The van der Waals surface area contributed by atoms with Gasteiger partial charge in [0.2, 0.25) is 5.91 Å². The summed E-state index contributed by atoms with van der Waals surface area (Å²) in [5.41, 5.74) is -1.41. The number of hydrogen-bond donors (Lipinski definition) is 2. The molecule has 0 spiro atoms. The number of halogens is 2. The number of nitrogens with zero attached hydrogens (tertiary/aromatic N) is 1. The highest BCUT2D eigenvalue weighted by atomic mass is 19.1. The molecule has 0 radical (unpaired) electrons. The van der Waals surface area contributed by atoms with E-state index in [0.717, 1.165) is 29.5 Å². The maximum absolute atomic E-state index is 13.6. The molecule has 0 saturated carbocycles. The molecule has 1 aromatic rings. The molecule has 8 heteroatoms. The predicted octanol–water partition coefficient (Wildman–Crippen LogP) is 2.65. The first-order chi connectivity index (χ1) is 11.6. The van der Waals surface area contributed by atoms with Gasteiger partial charge in [-0.05, 0) is 37.8 Å². The molecule has 0 aromatic heterocycles. The Hall–Kier alpha value is -2.51. The van der Waals surface area contributed by atoms with Crippen LogP contribution in [0.15, 0.2) is 18.2 Å². The van der Waals surface area contributed by atoms with E-state index in [2.05, 4.69) is 10.6 Å². The second kappa shape index (κ2) is 7.16. The molecule has 0 bridgehead atoms. The third-order valence-electron chi connectivity index (χ3n) is 4.07. The molecule has 4 amide bonds. The summed E-state index contributed by atoms with van der Waals surface area (Å²) >= 11 is 0. The third kappa shape index (κ3) is 4.32. The van der Waals surface area contributed by atoms with E-state index in [9.17, 15) is 23.2 Å². The quantitative estimate of drug-likeness (QED) is 0.772. The van der Waals surface area contributed by atoms with Gasteiger partial charge in [0.1, 0.15) is 23.7 Å². The van der Waals surface area contributed by atoms with Gasteiger partial charge in [0.15, 0.2) is 0 Å². The number of hydrogen-bond acceptors (Lipinski definition) is 3. The van der Waals surface area contributed by atoms with E-state index < -0.39 is 41.6 Å². The minimum atomic E-state index is -1.06. The lowest BCUT2D eigenvalue weighted by Gasteiger charge is -2.22. The zero-order valence-corrected chi connectivity index (χ0v) is 14.4. The molecule has 1 fully saturated rings. The van der Waals surface area contributed by atoms with E-state index in [4.69, 9.17) is 0 Å². The van der Waals surface area contributed by atoms with Crippen molar-refractivity contribution in [3.63, 3.8) is 0 Å². The lowest BCUT2D eigenvalue weighted by molar-refractivity contribution is -0.133. The molecular formula is C17H21F2N3O3. The zero-order valence-electron chi connectivity index (χ0n) is 14.4. The lowest BCUT2D eigenvalue weighted by Crippen LogP contribution is -2.44. The van der Waals surface area contributed by atoms with Crippen LogP contribution in [-0.2, 0) is 9.59 Å². The molecule has 0 aliphatic carbocycles. The second-order valence-electron chi connectivity index (χ2n) is 6.76. The first kappa shape index (κ1) is 18.8. The maximum Gasteiger partial charge on any atom is 0.325 e. The summed E-state index contributed by atoms with van der Waals surface area (Å²) in [6, 6.07) is 1.95. The van der Waals surface area contributed by atoms with Crippen molar-refractivity contribution in [3.8, 4) is 0 Å². The summed E-state index contributed by atoms with van der Waals surface area (Å²) < 4.78 is 26.7. The average molecular weight is 353 g/mol. The van der Waals surface area contributed by atoms with Crippen molar-refractivity contribution in [1.82, 2.24) is 10.2 Å². The Bertz CT molecular complexity index is 708. The smallest absolute Gasteiger partial charge is 0.323 e. The van der Waals surface area contributed by atoms with Gasteiger partial charge >= 0.3 is 6.03 Å². The van der Waals surface area contributed by atoms with E-state index in [1.807, 2.05) is 13.8 Å². The van der Waals surface area contributed by atoms with Gasteiger partial charge in [0.25, 0.3) is 5.91 Å². The molecule has 2 N–H and O–H groups in total. The van der Waals surface area contributed by atoms with Crippen molar-refractivity contribution in [2.75, 3.05) is 11.9 Å². The van der Waals surface area contributed by atoms with E-state index in [1.54, 1.807) is 6.92 Å². The fraction of sp³-hybridized carbons (Fsp3) is 0.471. The molecule has 1 aliphatic rings. The number of rotatable bonds is 6. The van der Waals surface area contributed by atoms with Crippen LogP contribution >= 0.6 is 0 Å². The van der Waals surface area contributed by atoms with E-state index in [0.29, 0.717) is 12.3 Å². The van der Waals surface area contributed by atoms with Crippen LogP contribution in [0.2, 0.25) is 0 Å². The van der Waals surface area contributed by atoms with Crippen LogP contribution in [0, 0.1) is 17.6 Å². The monoisotopic (exact) mass is 353 g/mol. The summed E-state index contributed by atoms with van der Waals surface area (Å²) in [6.45, 7) is 5.05. The maximum atomic E-state index is 13.6. The van der Waals surface area contributed by atoms with Crippen molar-refractivity contribution in [2.24, 2.45) is 5.92 Å². The van der Waals surface area contributed by atoms with Crippen molar-refractivity contribution in [1.29, 1.82) is 0 Å². The third-order valence-corrected chi connectivity index (χ3v) is 4.07. The Labute approximate surface area is 144 Å². The first-order valence-electron chi connectivity index (χ1n) is 8.01. The summed E-state index contributed by atoms with van der Waals surface area (Å²) in [6.07, 6.45) is 1.18. The molecule has 1 aromatic carbocycles. The molecular weight excluding hydrogens is 332 g/mol. The Balaban J connectivity index is 2.04. The minimum absolute atomic E-state index is 0.348. The number of urea groups is 1. The predicted molar refractivity (Wildman–Crippen MR) is 87.7 cm³/mol. The summed E-state index contributed by atoms with van der Waals surface area (Å²) in [7, 11) is 0. The second-order valence-corrected chi connectivity index (χ2v) is 6.76. The number of carbonyl (C=O) groups is 3. The van der Waals surface area contributed by atoms with E-state index >= 15 is 0 Å². The Morgan fingerprint density at radius 2 is 2.00 bits per heavy atom. The van der Waals surface area contributed by atoms with Crippen LogP contribution in [0.1, 0.15) is 33.6 Å². The fourth-order valence-corrected chi connectivity index (χ4v) is 2.56. The highest BCUT2D eigenvalue weighted by Gasteiger charge is 2.47. The van der Waals surface area contributed by atoms with Crippen molar-refractivity contribution in [3.05, 3.63) is 29.8 Å². The highest BCUT2D eigenvalue weighted by molar-refractivity contribution is 6.09. The Kier molecular flexibility index (Phi) is 5.39. The van der Waals surface area contributed by atoms with Gasteiger partial charge in [-0.25, -0.2) is 13.6 Å². The van der Waals surface area contributed by atoms with Crippen LogP contribution in [0.3, 0.4) is 0 Å². The largest absolute Gasteiger partial charge is 0.325 e. The Morgan fingerprint density at radius 3 is 2.64 bits per heavy atom. The standard InChI is InChI=1S/C17H21F2N3O3/c1-10(2)6-7-17(3)15(24)22(16(25)21-17)9-14(23)20-13-8-11(18)4-5-12(13)19/h4-5,8,10H,6-7,9H2,1-3H3,(H,20,23)(H,21,25)/t17-/m0/s1. The van der Waals surface area contributed by atoms with Crippen LogP contribution in [0.5, 0.6) is 0 Å². The summed E-state index contributed by atoms with van der Waals surface area (Å²) in [4.78, 5) is 37.3. The zero-order chi connectivity index (χ0) is 18.8. The number of benzene rings is 1. The van der Waals surface area contributed by atoms with Crippen LogP contribution in [-0.4, -0.2) is 34.8 Å². The number of amides is 4. The van der Waals surface area contributed by atoms with Gasteiger partial charge < -0.3 is 10.6 Å². The molecule has 6 nitrogen and oxygen atoms in total. The van der Waals surface area contributed by atoms with E-state index in [-0.39, 0.29) is 5.69 Å². The van der Waals surface area contributed by atoms with Crippen molar-refractivity contribution >= 4 is 23.5 Å². The SMILES string of the molecule is CC(C)CC[C@]1(C)NC(=O)N(CC(=O)Nc2cc(F)ccc2F)C1=O. The molecule has 136 valence electrons. The molecule has 0 unspecified atom stereocenters. The molecule has 1 saturated heterocycles. The van der Waals surface area contributed by atoms with Crippen molar-refractivity contribution in [2.45, 2.75) is 39.2 Å². The van der Waals surface area contributed by atoms with Gasteiger partial charge in [-0.2, -0.15) is 0 Å². The molecule has 1 atom stereocenters. The molecule has 2 rings (SSSR count). The number of imide groups is 1. The highest BCUT2D eigenvalue weighted by Crippen LogP contribution is 2.24. The number of carbonyl (C=O) groups excluding carboxylic acids is 3. The topological polar surface area (TPSA) is 78.5 Å². The van der Waals surface area contributed by atoms with Gasteiger partial charge in [-0.3, -0.25) is 14.5 Å². The first-order valence-corrected chi connectivity index (χ1v) is 8.01. The summed E-state index contributed by atoms with van der Waals surface area (Å²) in [5.74, 6) is -2.47. The number of anilines is 1. The van der Waals surface area contributed by atoms with Crippen molar-refractivity contribution < 1.29 is 23.2 Å². The van der Waals surface area contributed by atoms with E-state index in [1.165, 1.54) is 0 Å². The lowest BCUT2D eigenvalue weighted by atomic mass is 9.92. The average Bonchev–Trinajstić information content (AvgIpc) is 2.73. The molecule has 1 aliphatic heterocycles. The summed E-state index contributed by atoms with van der Waals surface area (Å²) in [5, 5.41) is 4.77. The Morgan fingerprint density at radius 1 is 1.32 bits per heavy atom. The minimum Gasteiger partial charge on any atom is -0.323 e. The van der Waals surface area contributed by atoms with Crippen LogP contribution < -0.4 is 10.6 Å². The van der Waals surface area contributed by atoms with Crippen LogP contribution in [0.4, 0.5) is 19.3 Å². The number of nitrogens with one attached hydrogen (secondary N) is 2. The molecule has 25 heavy (non-hydrogen) atoms. The van der Waals surface area contributed by atoms with Gasteiger partial charge in [-0.1, -0.05) is 13.8 Å². The fourth-order valence-electron chi connectivity index (χ4n) is 2.56.